The number of piperidine rings is 1. The third-order valence-corrected chi connectivity index (χ3v) is 6.12. The van der Waals surface area contributed by atoms with E-state index in [4.69, 9.17) is 5.11 Å². The lowest BCUT2D eigenvalue weighted by Gasteiger charge is -2.30. The third-order valence-electron chi connectivity index (χ3n) is 4.20. The second-order valence-corrected chi connectivity index (χ2v) is 7.95. The smallest absolute Gasteiger partial charge is 0.303 e. The molecule has 2 N–H and O–H groups in total. The molecule has 1 heterocycles. The van der Waals surface area contributed by atoms with Crippen LogP contribution in [0.2, 0.25) is 0 Å². The highest BCUT2D eigenvalue weighted by molar-refractivity contribution is 7.89. The zero-order valence-electron chi connectivity index (χ0n) is 14.0. The zero-order valence-corrected chi connectivity index (χ0v) is 14.8. The number of hydrogen-bond acceptors (Lipinski definition) is 4. The summed E-state index contributed by atoms with van der Waals surface area (Å²) in [6, 6.07) is 2.25. The lowest BCUT2D eigenvalue weighted by Crippen LogP contribution is -2.43. The summed E-state index contributed by atoms with van der Waals surface area (Å²) in [4.78, 5) is 21.7. The van der Waals surface area contributed by atoms with E-state index in [-0.39, 0.29) is 44.8 Å². The molecule has 1 amide bonds. The van der Waals surface area contributed by atoms with E-state index in [9.17, 15) is 26.8 Å². The maximum absolute atomic E-state index is 13.8. The lowest BCUT2D eigenvalue weighted by molar-refractivity contribution is -0.137. The van der Waals surface area contributed by atoms with E-state index in [0.29, 0.717) is 12.5 Å². The highest BCUT2D eigenvalue weighted by atomic mass is 32.2. The topological polar surface area (TPSA) is 104 Å². The fraction of sp³-hybridized carbons (Fsp3) is 0.500. The second-order valence-electron chi connectivity index (χ2n) is 6.04. The number of carboxylic acid groups (broad SMARTS) is 1. The van der Waals surface area contributed by atoms with Gasteiger partial charge in [-0.3, -0.25) is 9.59 Å². The Morgan fingerprint density at radius 1 is 1.23 bits per heavy atom. The standard InChI is InChI=1S/C16H20F2N2O5S/c17-12-3-4-13(18)14(10-12)26(24,25)20-8-5-11(6-9-20)16(23)19-7-1-2-15(21)22/h3-4,10-11H,1-2,5-9H2,(H,19,23)(H,21,22). The van der Waals surface area contributed by atoms with Gasteiger partial charge >= 0.3 is 5.97 Å². The summed E-state index contributed by atoms with van der Waals surface area (Å²) in [5, 5.41) is 11.2. The molecular formula is C16H20F2N2O5S. The summed E-state index contributed by atoms with van der Waals surface area (Å²) >= 11 is 0. The minimum atomic E-state index is -4.17. The highest BCUT2D eigenvalue weighted by Crippen LogP contribution is 2.26. The van der Waals surface area contributed by atoms with E-state index in [0.717, 1.165) is 16.4 Å². The molecule has 144 valence electrons. The average molecular weight is 390 g/mol. The van der Waals surface area contributed by atoms with Crippen LogP contribution in [-0.4, -0.2) is 49.3 Å². The summed E-state index contributed by atoms with van der Waals surface area (Å²) in [5.74, 6) is -3.47. The molecule has 0 saturated carbocycles. The molecule has 1 aromatic carbocycles. The average Bonchev–Trinajstić information content (AvgIpc) is 2.60. The Hall–Kier alpha value is -2.07. The monoisotopic (exact) mass is 390 g/mol. The highest BCUT2D eigenvalue weighted by Gasteiger charge is 2.33. The van der Waals surface area contributed by atoms with Gasteiger partial charge in [0.2, 0.25) is 15.9 Å². The number of aliphatic carboxylic acids is 1. The van der Waals surface area contributed by atoms with Gasteiger partial charge in [-0.2, -0.15) is 4.31 Å². The van der Waals surface area contributed by atoms with Gasteiger partial charge in [0.25, 0.3) is 0 Å². The molecule has 0 unspecified atom stereocenters. The van der Waals surface area contributed by atoms with Crippen LogP contribution in [0.4, 0.5) is 8.78 Å². The molecule has 0 radical (unpaired) electrons. The van der Waals surface area contributed by atoms with Crippen LogP contribution in [0.25, 0.3) is 0 Å². The molecule has 0 spiro atoms. The van der Waals surface area contributed by atoms with Gasteiger partial charge in [0.15, 0.2) is 0 Å². The van der Waals surface area contributed by atoms with Gasteiger partial charge in [0.05, 0.1) is 0 Å². The van der Waals surface area contributed by atoms with Crippen LogP contribution in [0.5, 0.6) is 0 Å². The molecular weight excluding hydrogens is 370 g/mol. The number of nitrogens with one attached hydrogen (secondary N) is 1. The Morgan fingerprint density at radius 3 is 2.50 bits per heavy atom. The van der Waals surface area contributed by atoms with Crippen LogP contribution >= 0.6 is 0 Å². The fourth-order valence-corrected chi connectivity index (χ4v) is 4.31. The number of benzene rings is 1. The normalized spacial score (nSPS) is 16.4. The molecule has 10 heteroatoms. The van der Waals surface area contributed by atoms with Crippen molar-refractivity contribution in [3.8, 4) is 0 Å². The number of hydrogen-bond donors (Lipinski definition) is 2. The van der Waals surface area contributed by atoms with E-state index >= 15 is 0 Å². The summed E-state index contributed by atoms with van der Waals surface area (Å²) in [6.07, 6.45) is 0.769. The van der Waals surface area contributed by atoms with Crippen molar-refractivity contribution in [1.29, 1.82) is 0 Å². The van der Waals surface area contributed by atoms with E-state index in [1.54, 1.807) is 0 Å². The Labute approximate surface area is 150 Å². The van der Waals surface area contributed by atoms with Crippen molar-refractivity contribution in [2.75, 3.05) is 19.6 Å². The molecule has 1 aromatic rings. The van der Waals surface area contributed by atoms with Crippen LogP contribution in [0.1, 0.15) is 25.7 Å². The van der Waals surface area contributed by atoms with Crippen molar-refractivity contribution in [1.82, 2.24) is 9.62 Å². The molecule has 2 rings (SSSR count). The molecule has 26 heavy (non-hydrogen) atoms. The molecule has 0 aromatic heterocycles. The van der Waals surface area contributed by atoms with Crippen LogP contribution < -0.4 is 5.32 Å². The van der Waals surface area contributed by atoms with Gasteiger partial charge in [-0.05, 0) is 37.5 Å². The number of amides is 1. The first-order valence-electron chi connectivity index (χ1n) is 8.16. The first-order valence-corrected chi connectivity index (χ1v) is 9.60. The Morgan fingerprint density at radius 2 is 1.88 bits per heavy atom. The molecule has 1 fully saturated rings. The molecule has 0 atom stereocenters. The predicted octanol–water partition coefficient (Wildman–Crippen LogP) is 1.35. The second kappa shape index (κ2) is 8.54. The van der Waals surface area contributed by atoms with Crippen molar-refractivity contribution < 1.29 is 31.9 Å². The van der Waals surface area contributed by atoms with Gasteiger partial charge < -0.3 is 10.4 Å². The van der Waals surface area contributed by atoms with Crippen molar-refractivity contribution in [3.05, 3.63) is 29.8 Å². The molecule has 0 bridgehead atoms. The number of carbonyl (C=O) groups excluding carboxylic acids is 1. The molecule has 1 saturated heterocycles. The Kier molecular flexibility index (Phi) is 6.65. The maximum atomic E-state index is 13.8. The first kappa shape index (κ1) is 20.2. The van der Waals surface area contributed by atoms with E-state index < -0.39 is 38.4 Å². The SMILES string of the molecule is O=C(O)CCCNC(=O)C1CCN(S(=O)(=O)c2cc(F)ccc2F)CC1. The summed E-state index contributed by atoms with van der Waals surface area (Å²) in [7, 11) is -4.17. The number of carboxylic acids is 1. The number of carbonyl (C=O) groups is 2. The third kappa shape index (κ3) is 4.98. The quantitative estimate of drug-likeness (QED) is 0.684. The number of nitrogens with zero attached hydrogens (tertiary/aromatic N) is 1. The summed E-state index contributed by atoms with van der Waals surface area (Å²) in [6.45, 7) is 0.273. The minimum Gasteiger partial charge on any atom is -0.481 e. The molecule has 1 aliphatic heterocycles. The van der Waals surface area contributed by atoms with Crippen molar-refractivity contribution in [2.24, 2.45) is 5.92 Å². The predicted molar refractivity (Wildman–Crippen MR) is 87.7 cm³/mol. The lowest BCUT2D eigenvalue weighted by atomic mass is 9.97. The maximum Gasteiger partial charge on any atom is 0.303 e. The Balaban J connectivity index is 1.92. The molecule has 7 nitrogen and oxygen atoms in total. The van der Waals surface area contributed by atoms with Gasteiger partial charge in [0, 0.05) is 32.0 Å². The van der Waals surface area contributed by atoms with E-state index in [1.807, 2.05) is 0 Å². The number of halogens is 2. The number of rotatable bonds is 7. The van der Waals surface area contributed by atoms with Gasteiger partial charge in [-0.15, -0.1) is 0 Å². The van der Waals surface area contributed by atoms with Crippen molar-refractivity contribution in [3.63, 3.8) is 0 Å². The Bertz CT molecular complexity index is 777. The van der Waals surface area contributed by atoms with Gasteiger partial charge in [-0.1, -0.05) is 0 Å². The summed E-state index contributed by atoms with van der Waals surface area (Å²) in [5.41, 5.74) is 0. The van der Waals surface area contributed by atoms with Crippen LogP contribution in [0.15, 0.2) is 23.1 Å². The molecule has 1 aliphatic rings. The van der Waals surface area contributed by atoms with Crippen LogP contribution in [-0.2, 0) is 19.6 Å². The largest absolute Gasteiger partial charge is 0.481 e. The number of sulfonamides is 1. The van der Waals surface area contributed by atoms with E-state index in [1.165, 1.54) is 0 Å². The van der Waals surface area contributed by atoms with E-state index in [2.05, 4.69) is 5.32 Å². The van der Waals surface area contributed by atoms with Crippen molar-refractivity contribution >= 4 is 21.9 Å². The summed E-state index contributed by atoms with van der Waals surface area (Å²) < 4.78 is 53.0. The first-order chi connectivity index (χ1) is 12.2. The fourth-order valence-electron chi connectivity index (χ4n) is 2.77. The van der Waals surface area contributed by atoms with Crippen LogP contribution in [0.3, 0.4) is 0 Å². The zero-order chi connectivity index (χ0) is 19.3. The van der Waals surface area contributed by atoms with Gasteiger partial charge in [0.1, 0.15) is 16.5 Å². The molecule has 0 aliphatic carbocycles. The van der Waals surface area contributed by atoms with Gasteiger partial charge in [-0.25, -0.2) is 17.2 Å². The minimum absolute atomic E-state index is 0.0193. The van der Waals surface area contributed by atoms with Crippen molar-refractivity contribution in [2.45, 2.75) is 30.6 Å². The van der Waals surface area contributed by atoms with Crippen LogP contribution in [0, 0.1) is 17.6 Å².